The number of phenolic OH excluding ortho intramolecular Hbond substituents is 2. The minimum atomic E-state index is -0.755. The summed E-state index contributed by atoms with van der Waals surface area (Å²) in [6.45, 7) is -0.173. The fourth-order valence-corrected chi connectivity index (χ4v) is 4.36. The number of carbonyl (C=O) groups is 1. The lowest BCUT2D eigenvalue weighted by Gasteiger charge is -2.10. The molecule has 3 aromatic rings. The Morgan fingerprint density at radius 1 is 1.23 bits per heavy atom. The van der Waals surface area contributed by atoms with Crippen molar-refractivity contribution in [3.05, 3.63) is 56.4 Å². The number of carbonyl (C=O) groups excluding carboxylic acids is 1. The summed E-state index contributed by atoms with van der Waals surface area (Å²) in [7, 11) is 0. The molecule has 0 unspecified atom stereocenters. The van der Waals surface area contributed by atoms with E-state index in [1.807, 2.05) is 0 Å². The number of esters is 1. The summed E-state index contributed by atoms with van der Waals surface area (Å²) in [5.41, 5.74) is 1.17. The first-order chi connectivity index (χ1) is 12.5. The minimum Gasteiger partial charge on any atom is -0.508 e. The first-order valence-electron chi connectivity index (χ1n) is 8.25. The number of nitrogens with zero attached hydrogens (tertiary/aromatic N) is 2. The van der Waals surface area contributed by atoms with Gasteiger partial charge in [0.25, 0.3) is 5.56 Å². The largest absolute Gasteiger partial charge is 0.508 e. The standard InChI is InChI=1S/C18H16N2O5S/c21-11-5-6-12(14(22)8-11)17(24)25-9-10-7-16(23)20-13-3-1-2-4-15(13)26-18(20)19-10/h5-8,21-22H,1-4,9H2. The Labute approximate surface area is 152 Å². The van der Waals surface area contributed by atoms with Crippen molar-refractivity contribution in [2.45, 2.75) is 32.3 Å². The third-order valence-electron chi connectivity index (χ3n) is 4.37. The molecule has 7 nitrogen and oxygen atoms in total. The van der Waals surface area contributed by atoms with Crippen LogP contribution in [0.3, 0.4) is 0 Å². The van der Waals surface area contributed by atoms with Crippen molar-refractivity contribution < 1.29 is 19.7 Å². The van der Waals surface area contributed by atoms with Gasteiger partial charge in [0.2, 0.25) is 0 Å². The fraction of sp³-hybridized carbons (Fsp3) is 0.278. The van der Waals surface area contributed by atoms with Crippen LogP contribution in [0.4, 0.5) is 0 Å². The van der Waals surface area contributed by atoms with E-state index in [-0.39, 0.29) is 29.2 Å². The quantitative estimate of drug-likeness (QED) is 0.685. The van der Waals surface area contributed by atoms with E-state index in [0.29, 0.717) is 10.7 Å². The van der Waals surface area contributed by atoms with Crippen molar-refractivity contribution in [3.63, 3.8) is 0 Å². The van der Waals surface area contributed by atoms with Gasteiger partial charge < -0.3 is 14.9 Å². The van der Waals surface area contributed by atoms with Crippen LogP contribution in [-0.2, 0) is 24.2 Å². The fourth-order valence-electron chi connectivity index (χ4n) is 3.13. The SMILES string of the molecule is O=C(OCc1cc(=O)n2c3c(sc2n1)CCCC3)c1ccc(O)cc1O. The van der Waals surface area contributed by atoms with E-state index in [1.54, 1.807) is 4.40 Å². The average Bonchev–Trinajstić information content (AvgIpc) is 2.98. The highest BCUT2D eigenvalue weighted by atomic mass is 32.1. The van der Waals surface area contributed by atoms with Gasteiger partial charge in [0.1, 0.15) is 23.7 Å². The highest BCUT2D eigenvalue weighted by Crippen LogP contribution is 2.28. The van der Waals surface area contributed by atoms with E-state index in [0.717, 1.165) is 37.4 Å². The molecule has 0 amide bonds. The molecule has 2 aromatic heterocycles. The molecule has 2 heterocycles. The number of rotatable bonds is 3. The van der Waals surface area contributed by atoms with Crippen LogP contribution in [0.15, 0.2) is 29.1 Å². The zero-order valence-electron chi connectivity index (χ0n) is 13.8. The molecule has 0 bridgehead atoms. The van der Waals surface area contributed by atoms with Crippen molar-refractivity contribution in [1.82, 2.24) is 9.38 Å². The number of thiazole rings is 1. The highest BCUT2D eigenvalue weighted by molar-refractivity contribution is 7.17. The summed E-state index contributed by atoms with van der Waals surface area (Å²) in [4.78, 5) is 30.8. The van der Waals surface area contributed by atoms with Gasteiger partial charge in [0.05, 0.1) is 5.69 Å². The topological polar surface area (TPSA) is 101 Å². The number of hydrogen-bond acceptors (Lipinski definition) is 7. The highest BCUT2D eigenvalue weighted by Gasteiger charge is 2.19. The number of aromatic nitrogens is 2. The lowest BCUT2D eigenvalue weighted by Crippen LogP contribution is -2.18. The Hall–Kier alpha value is -2.87. The molecule has 0 spiro atoms. The average molecular weight is 372 g/mol. The lowest BCUT2D eigenvalue weighted by atomic mass is 10.0. The number of ether oxygens (including phenoxy) is 1. The molecule has 0 fully saturated rings. The Kier molecular flexibility index (Phi) is 4.12. The van der Waals surface area contributed by atoms with Gasteiger partial charge in [0, 0.05) is 22.7 Å². The number of aromatic hydroxyl groups is 2. The maximum absolute atomic E-state index is 12.5. The van der Waals surface area contributed by atoms with E-state index in [2.05, 4.69) is 4.98 Å². The van der Waals surface area contributed by atoms with Crippen LogP contribution >= 0.6 is 11.3 Å². The van der Waals surface area contributed by atoms with Gasteiger partial charge in [0.15, 0.2) is 4.96 Å². The lowest BCUT2D eigenvalue weighted by molar-refractivity contribution is 0.0464. The molecular formula is C18H16N2O5S. The first-order valence-corrected chi connectivity index (χ1v) is 9.07. The van der Waals surface area contributed by atoms with Gasteiger partial charge in [-0.3, -0.25) is 9.20 Å². The van der Waals surface area contributed by atoms with Crippen molar-refractivity contribution in [2.75, 3.05) is 0 Å². The van der Waals surface area contributed by atoms with Crippen molar-refractivity contribution in [1.29, 1.82) is 0 Å². The van der Waals surface area contributed by atoms with Gasteiger partial charge >= 0.3 is 5.97 Å². The van der Waals surface area contributed by atoms with Crippen LogP contribution in [0.1, 0.15) is 39.5 Å². The zero-order valence-corrected chi connectivity index (χ0v) is 14.6. The van der Waals surface area contributed by atoms with Gasteiger partial charge in [-0.2, -0.15) is 0 Å². The second-order valence-electron chi connectivity index (χ2n) is 6.16. The van der Waals surface area contributed by atoms with E-state index in [1.165, 1.54) is 34.4 Å². The summed E-state index contributed by atoms with van der Waals surface area (Å²) < 4.78 is 6.80. The van der Waals surface area contributed by atoms with Crippen LogP contribution in [0.2, 0.25) is 0 Å². The normalized spacial score (nSPS) is 13.5. The van der Waals surface area contributed by atoms with E-state index < -0.39 is 5.97 Å². The Balaban J connectivity index is 1.58. The third-order valence-corrected chi connectivity index (χ3v) is 5.51. The summed E-state index contributed by atoms with van der Waals surface area (Å²) >= 11 is 1.51. The van der Waals surface area contributed by atoms with Crippen LogP contribution in [0.5, 0.6) is 11.5 Å². The Bertz CT molecular complexity index is 1070. The number of benzene rings is 1. The molecule has 134 valence electrons. The number of fused-ring (bicyclic) bond motifs is 3. The second-order valence-corrected chi connectivity index (χ2v) is 7.22. The maximum atomic E-state index is 12.5. The number of aryl methyl sites for hydroxylation is 2. The minimum absolute atomic E-state index is 0.0628. The Morgan fingerprint density at radius 3 is 2.85 bits per heavy atom. The molecule has 0 radical (unpaired) electrons. The molecule has 0 atom stereocenters. The smallest absolute Gasteiger partial charge is 0.342 e. The monoisotopic (exact) mass is 372 g/mol. The van der Waals surface area contributed by atoms with Gasteiger partial charge in [-0.05, 0) is 37.8 Å². The number of phenols is 2. The van der Waals surface area contributed by atoms with E-state index in [9.17, 15) is 19.8 Å². The molecule has 2 N–H and O–H groups in total. The predicted molar refractivity (Wildman–Crippen MR) is 94.9 cm³/mol. The first kappa shape index (κ1) is 16.6. The third kappa shape index (κ3) is 2.92. The van der Waals surface area contributed by atoms with Crippen molar-refractivity contribution in [3.8, 4) is 11.5 Å². The molecule has 0 saturated carbocycles. The molecule has 8 heteroatoms. The van der Waals surface area contributed by atoms with E-state index in [4.69, 9.17) is 4.74 Å². The maximum Gasteiger partial charge on any atom is 0.342 e. The van der Waals surface area contributed by atoms with Gasteiger partial charge in [-0.25, -0.2) is 9.78 Å². The van der Waals surface area contributed by atoms with Crippen LogP contribution < -0.4 is 5.56 Å². The zero-order chi connectivity index (χ0) is 18.3. The molecule has 26 heavy (non-hydrogen) atoms. The summed E-state index contributed by atoms with van der Waals surface area (Å²) in [6, 6.07) is 4.98. The molecule has 0 saturated heterocycles. The molecular weight excluding hydrogens is 356 g/mol. The second kappa shape index (κ2) is 6.45. The molecule has 1 aliphatic carbocycles. The van der Waals surface area contributed by atoms with E-state index >= 15 is 0 Å². The molecule has 1 aliphatic rings. The molecule has 0 aliphatic heterocycles. The van der Waals surface area contributed by atoms with Crippen LogP contribution in [-0.4, -0.2) is 25.6 Å². The van der Waals surface area contributed by atoms with Gasteiger partial charge in [-0.1, -0.05) is 0 Å². The predicted octanol–water partition coefficient (Wildman–Crippen LogP) is 2.40. The van der Waals surface area contributed by atoms with Gasteiger partial charge in [-0.15, -0.1) is 11.3 Å². The van der Waals surface area contributed by atoms with Crippen molar-refractivity contribution in [2.24, 2.45) is 0 Å². The molecule has 1 aromatic carbocycles. The van der Waals surface area contributed by atoms with Crippen LogP contribution in [0.25, 0.3) is 4.96 Å². The van der Waals surface area contributed by atoms with Crippen LogP contribution in [0, 0.1) is 0 Å². The molecule has 4 rings (SSSR count). The summed E-state index contributed by atoms with van der Waals surface area (Å²) in [5.74, 6) is -1.28. The summed E-state index contributed by atoms with van der Waals surface area (Å²) in [6.07, 6.45) is 4.04. The Morgan fingerprint density at radius 2 is 2.04 bits per heavy atom. The number of hydrogen-bond donors (Lipinski definition) is 2. The van der Waals surface area contributed by atoms with Crippen molar-refractivity contribution >= 4 is 22.3 Å². The summed E-state index contributed by atoms with van der Waals surface area (Å²) in [5, 5.41) is 19.0.